The predicted molar refractivity (Wildman–Crippen MR) is 108 cm³/mol. The Morgan fingerprint density at radius 3 is 2.61 bits per heavy atom. The summed E-state index contributed by atoms with van der Waals surface area (Å²) in [5.74, 6) is 1.31. The number of likely N-dealkylation sites (tertiary alicyclic amines) is 1. The van der Waals surface area contributed by atoms with Gasteiger partial charge in [-0.25, -0.2) is 9.97 Å². The molecule has 2 aromatic rings. The van der Waals surface area contributed by atoms with Gasteiger partial charge in [0, 0.05) is 26.2 Å². The van der Waals surface area contributed by atoms with Gasteiger partial charge in [-0.05, 0) is 43.6 Å². The molecule has 0 saturated carbocycles. The number of piperidine rings is 1. The molecule has 4 rings (SSSR count). The van der Waals surface area contributed by atoms with Gasteiger partial charge in [-0.1, -0.05) is 30.3 Å². The fourth-order valence-electron chi connectivity index (χ4n) is 4.00. The first-order chi connectivity index (χ1) is 13.8. The molecule has 2 aliphatic heterocycles. The molecule has 0 bridgehead atoms. The van der Waals surface area contributed by atoms with Crippen molar-refractivity contribution in [3.05, 3.63) is 54.0 Å². The van der Waals surface area contributed by atoms with Crippen LogP contribution in [0.4, 0.5) is 5.82 Å². The Balaban J connectivity index is 1.25. The third kappa shape index (κ3) is 4.87. The summed E-state index contributed by atoms with van der Waals surface area (Å²) in [5.41, 5.74) is 1.80. The third-order valence-corrected chi connectivity index (χ3v) is 5.67. The van der Waals surface area contributed by atoms with Crippen molar-refractivity contribution in [2.24, 2.45) is 5.92 Å². The van der Waals surface area contributed by atoms with Gasteiger partial charge >= 0.3 is 0 Å². The van der Waals surface area contributed by atoms with E-state index in [9.17, 15) is 4.79 Å². The number of anilines is 1. The number of aromatic nitrogens is 2. The van der Waals surface area contributed by atoms with Gasteiger partial charge in [0.05, 0.1) is 18.5 Å². The minimum Gasteiger partial charge on any atom is -0.376 e. The van der Waals surface area contributed by atoms with Crippen LogP contribution in [0.3, 0.4) is 0 Å². The van der Waals surface area contributed by atoms with Crippen LogP contribution in [-0.4, -0.2) is 53.1 Å². The van der Waals surface area contributed by atoms with Gasteiger partial charge in [0.1, 0.15) is 11.5 Å². The lowest BCUT2D eigenvalue weighted by Gasteiger charge is -2.31. The maximum absolute atomic E-state index is 12.7. The number of carbonyl (C=O) groups excluding carboxylic acids is 1. The van der Waals surface area contributed by atoms with Crippen molar-refractivity contribution in [1.82, 2.24) is 14.9 Å². The van der Waals surface area contributed by atoms with E-state index in [1.54, 1.807) is 12.4 Å². The van der Waals surface area contributed by atoms with Crippen molar-refractivity contribution in [3.63, 3.8) is 0 Å². The van der Waals surface area contributed by atoms with Crippen molar-refractivity contribution in [3.8, 4) is 0 Å². The Bertz CT molecular complexity index is 752. The highest BCUT2D eigenvalue weighted by atomic mass is 16.5. The molecular weight excluding hydrogens is 352 g/mol. The Labute approximate surface area is 166 Å². The molecule has 1 atom stereocenters. The van der Waals surface area contributed by atoms with Crippen molar-refractivity contribution in [2.75, 3.05) is 31.6 Å². The Morgan fingerprint density at radius 2 is 1.93 bits per heavy atom. The quantitative estimate of drug-likeness (QED) is 0.834. The van der Waals surface area contributed by atoms with E-state index in [1.165, 1.54) is 5.56 Å². The van der Waals surface area contributed by atoms with E-state index >= 15 is 0 Å². The highest BCUT2D eigenvalue weighted by Gasteiger charge is 2.24. The first kappa shape index (κ1) is 18.9. The largest absolute Gasteiger partial charge is 0.376 e. The second-order valence-corrected chi connectivity index (χ2v) is 7.73. The zero-order chi connectivity index (χ0) is 19.2. The average Bonchev–Trinajstić information content (AvgIpc) is 3.27. The predicted octanol–water partition coefficient (Wildman–Crippen LogP) is 3.16. The molecule has 148 valence electrons. The summed E-state index contributed by atoms with van der Waals surface area (Å²) in [4.78, 5) is 23.3. The summed E-state index contributed by atoms with van der Waals surface area (Å²) >= 11 is 0. The van der Waals surface area contributed by atoms with Crippen LogP contribution in [0.15, 0.2) is 42.7 Å². The van der Waals surface area contributed by atoms with Gasteiger partial charge in [0.25, 0.3) is 5.91 Å². The monoisotopic (exact) mass is 380 g/mol. The number of hydrogen-bond acceptors (Lipinski definition) is 5. The molecule has 1 aromatic heterocycles. The van der Waals surface area contributed by atoms with Crippen molar-refractivity contribution in [2.45, 2.75) is 38.2 Å². The van der Waals surface area contributed by atoms with E-state index in [0.29, 0.717) is 17.4 Å². The lowest BCUT2D eigenvalue weighted by molar-refractivity contribution is 0.0684. The van der Waals surface area contributed by atoms with Crippen molar-refractivity contribution >= 4 is 11.7 Å². The van der Waals surface area contributed by atoms with Crippen molar-refractivity contribution in [1.29, 1.82) is 0 Å². The molecule has 1 aromatic carbocycles. The van der Waals surface area contributed by atoms with E-state index in [0.717, 1.165) is 58.3 Å². The number of rotatable bonds is 6. The number of carbonyl (C=O) groups is 1. The number of nitrogens with zero attached hydrogens (tertiary/aromatic N) is 3. The Hall–Kier alpha value is -2.47. The molecule has 1 amide bonds. The van der Waals surface area contributed by atoms with Gasteiger partial charge in [-0.2, -0.15) is 0 Å². The highest BCUT2D eigenvalue weighted by molar-refractivity contribution is 5.92. The van der Waals surface area contributed by atoms with E-state index in [-0.39, 0.29) is 12.0 Å². The maximum atomic E-state index is 12.7. The van der Waals surface area contributed by atoms with E-state index in [4.69, 9.17) is 4.74 Å². The van der Waals surface area contributed by atoms with Crippen LogP contribution in [0.5, 0.6) is 0 Å². The van der Waals surface area contributed by atoms with Gasteiger partial charge < -0.3 is 15.0 Å². The molecule has 3 heterocycles. The highest BCUT2D eigenvalue weighted by Crippen LogP contribution is 2.22. The molecule has 0 aliphatic carbocycles. The summed E-state index contributed by atoms with van der Waals surface area (Å²) in [6.07, 6.45) is 8.84. The van der Waals surface area contributed by atoms with E-state index < -0.39 is 0 Å². The third-order valence-electron chi connectivity index (χ3n) is 5.67. The smallest absolute Gasteiger partial charge is 0.274 e. The molecule has 0 radical (unpaired) electrons. The minimum absolute atomic E-state index is 0.0173. The molecule has 0 spiro atoms. The fraction of sp³-hybridized carbons (Fsp3) is 0.500. The molecule has 1 N–H and O–H groups in total. The lowest BCUT2D eigenvalue weighted by atomic mass is 9.90. The molecule has 28 heavy (non-hydrogen) atoms. The summed E-state index contributed by atoms with van der Waals surface area (Å²) in [7, 11) is 0. The van der Waals surface area contributed by atoms with Gasteiger partial charge in [-0.3, -0.25) is 4.79 Å². The van der Waals surface area contributed by atoms with Crippen LogP contribution in [0, 0.1) is 5.92 Å². The number of amides is 1. The number of hydrogen-bond donors (Lipinski definition) is 1. The Kier molecular flexibility index (Phi) is 6.17. The molecule has 2 aliphatic rings. The SMILES string of the molecule is O=C(c1cnc(NCC2CCCO2)cn1)N1CCC(Cc2ccccc2)CC1. The summed E-state index contributed by atoms with van der Waals surface area (Å²) in [5, 5.41) is 3.24. The summed E-state index contributed by atoms with van der Waals surface area (Å²) < 4.78 is 5.59. The molecule has 2 fully saturated rings. The lowest BCUT2D eigenvalue weighted by Crippen LogP contribution is -2.39. The molecule has 1 unspecified atom stereocenters. The second-order valence-electron chi connectivity index (χ2n) is 7.73. The van der Waals surface area contributed by atoms with Crippen LogP contribution in [-0.2, 0) is 11.2 Å². The van der Waals surface area contributed by atoms with Gasteiger partial charge in [-0.15, -0.1) is 0 Å². The fourth-order valence-corrected chi connectivity index (χ4v) is 4.00. The van der Waals surface area contributed by atoms with Crippen LogP contribution in [0.25, 0.3) is 0 Å². The number of ether oxygens (including phenoxy) is 1. The number of benzene rings is 1. The first-order valence-electron chi connectivity index (χ1n) is 10.3. The van der Waals surface area contributed by atoms with Crippen molar-refractivity contribution < 1.29 is 9.53 Å². The van der Waals surface area contributed by atoms with E-state index in [2.05, 4.69) is 45.6 Å². The molecular formula is C22H28N4O2. The normalized spacial score (nSPS) is 20.3. The maximum Gasteiger partial charge on any atom is 0.274 e. The van der Waals surface area contributed by atoms with Crippen LogP contribution < -0.4 is 5.32 Å². The zero-order valence-corrected chi connectivity index (χ0v) is 16.2. The topological polar surface area (TPSA) is 67.3 Å². The molecule has 6 nitrogen and oxygen atoms in total. The standard InChI is InChI=1S/C22H28N4O2/c27-22(20-15-25-21(16-23-20)24-14-19-7-4-12-28-19)26-10-8-18(9-11-26)13-17-5-2-1-3-6-17/h1-3,5-6,15-16,18-19H,4,7-14H2,(H,24,25). The molecule has 2 saturated heterocycles. The summed E-state index contributed by atoms with van der Waals surface area (Å²) in [6.45, 7) is 3.15. The Morgan fingerprint density at radius 1 is 1.11 bits per heavy atom. The van der Waals surface area contributed by atoms with Crippen LogP contribution in [0.2, 0.25) is 0 Å². The molecule has 6 heteroatoms. The van der Waals surface area contributed by atoms with E-state index in [1.807, 2.05) is 4.90 Å². The van der Waals surface area contributed by atoms with Crippen LogP contribution in [0.1, 0.15) is 41.7 Å². The average molecular weight is 380 g/mol. The zero-order valence-electron chi connectivity index (χ0n) is 16.2. The van der Waals surface area contributed by atoms with Gasteiger partial charge in [0.2, 0.25) is 0 Å². The van der Waals surface area contributed by atoms with Gasteiger partial charge in [0.15, 0.2) is 0 Å². The van der Waals surface area contributed by atoms with Crippen LogP contribution >= 0.6 is 0 Å². The number of nitrogens with one attached hydrogen (secondary N) is 1. The second kappa shape index (κ2) is 9.15. The minimum atomic E-state index is -0.0173. The first-order valence-corrected chi connectivity index (χ1v) is 10.3. The summed E-state index contributed by atoms with van der Waals surface area (Å²) in [6, 6.07) is 10.6.